The Hall–Kier alpha value is -2.56. The zero-order chi connectivity index (χ0) is 18.5. The highest BCUT2D eigenvalue weighted by atomic mass is 19.4. The lowest BCUT2D eigenvalue weighted by Crippen LogP contribution is -2.38. The van der Waals surface area contributed by atoms with E-state index < -0.39 is 17.9 Å². The number of hydrogen-bond acceptors (Lipinski definition) is 5. The second kappa shape index (κ2) is 5.73. The first-order chi connectivity index (χ1) is 12.3. The maximum Gasteiger partial charge on any atom is 0.461 e. The predicted octanol–water partition coefficient (Wildman–Crippen LogP) is 2.77. The molecule has 0 radical (unpaired) electrons. The summed E-state index contributed by atoms with van der Waals surface area (Å²) in [5.74, 6) is -6.44. The minimum Gasteiger partial charge on any atom is -0.378 e. The predicted molar refractivity (Wildman–Crippen MR) is 81.3 cm³/mol. The van der Waals surface area contributed by atoms with Crippen LogP contribution in [0.4, 0.5) is 27.8 Å². The van der Waals surface area contributed by atoms with Crippen molar-refractivity contribution in [3.8, 4) is 0 Å². The molecule has 1 aliphatic heterocycles. The molecule has 0 atom stereocenters. The highest BCUT2D eigenvalue weighted by Gasteiger charge is 2.62. The van der Waals surface area contributed by atoms with Gasteiger partial charge in [0.1, 0.15) is 0 Å². The van der Waals surface area contributed by atoms with Gasteiger partial charge in [-0.15, -0.1) is 15.3 Å². The molecule has 1 saturated heterocycles. The van der Waals surface area contributed by atoms with Gasteiger partial charge >= 0.3 is 12.1 Å². The molecule has 3 aromatic rings. The highest BCUT2D eigenvalue weighted by Crippen LogP contribution is 2.43. The number of fused-ring (bicyclic) bond motifs is 3. The summed E-state index contributed by atoms with van der Waals surface area (Å²) in [5, 5.41) is 11.7. The van der Waals surface area contributed by atoms with E-state index in [9.17, 15) is 22.0 Å². The van der Waals surface area contributed by atoms with Gasteiger partial charge in [0.25, 0.3) is 0 Å². The highest BCUT2D eigenvalue weighted by molar-refractivity contribution is 6.00. The summed E-state index contributed by atoms with van der Waals surface area (Å²) < 4.78 is 71.9. The van der Waals surface area contributed by atoms with Gasteiger partial charge in [-0.25, -0.2) is 0 Å². The number of hydrogen-bond donors (Lipinski definition) is 0. The van der Waals surface area contributed by atoms with Crippen molar-refractivity contribution in [1.29, 1.82) is 0 Å². The first-order valence-corrected chi connectivity index (χ1v) is 7.72. The van der Waals surface area contributed by atoms with Gasteiger partial charge in [-0.2, -0.15) is 26.5 Å². The van der Waals surface area contributed by atoms with E-state index in [4.69, 9.17) is 4.74 Å². The van der Waals surface area contributed by atoms with E-state index in [0.717, 1.165) is 0 Å². The van der Waals surface area contributed by atoms with E-state index in [1.165, 1.54) is 0 Å². The molecule has 26 heavy (non-hydrogen) atoms. The molecule has 1 aromatic carbocycles. The van der Waals surface area contributed by atoms with Crippen LogP contribution in [0.1, 0.15) is 5.82 Å². The molecule has 0 bridgehead atoms. The molecule has 0 spiro atoms. The molecule has 2 aromatic heterocycles. The van der Waals surface area contributed by atoms with Gasteiger partial charge in [0.15, 0.2) is 11.5 Å². The number of rotatable bonds is 2. The average Bonchev–Trinajstić information content (AvgIpc) is 3.05. The van der Waals surface area contributed by atoms with Crippen LogP contribution in [0, 0.1) is 0 Å². The summed E-state index contributed by atoms with van der Waals surface area (Å²) >= 11 is 0. The van der Waals surface area contributed by atoms with Crippen LogP contribution in [0.3, 0.4) is 0 Å². The molecule has 0 unspecified atom stereocenters. The molecule has 11 heteroatoms. The van der Waals surface area contributed by atoms with E-state index in [0.29, 0.717) is 41.6 Å². The van der Waals surface area contributed by atoms with Gasteiger partial charge in [0.2, 0.25) is 5.82 Å². The molecule has 6 nitrogen and oxygen atoms in total. The van der Waals surface area contributed by atoms with Gasteiger partial charge in [-0.05, 0) is 0 Å². The fraction of sp³-hybridized carbons (Fsp3) is 0.400. The Morgan fingerprint density at radius 1 is 0.923 bits per heavy atom. The average molecular weight is 373 g/mol. The summed E-state index contributed by atoms with van der Waals surface area (Å²) in [6, 6.07) is 6.66. The Morgan fingerprint density at radius 3 is 2.23 bits per heavy atom. The Labute approximate surface area is 143 Å². The zero-order valence-electron chi connectivity index (χ0n) is 13.2. The molecule has 0 saturated carbocycles. The van der Waals surface area contributed by atoms with E-state index >= 15 is 0 Å². The van der Waals surface area contributed by atoms with E-state index in [1.807, 2.05) is 0 Å². The first-order valence-electron chi connectivity index (χ1n) is 7.72. The lowest BCUT2D eigenvalue weighted by atomic mass is 10.1. The van der Waals surface area contributed by atoms with Crippen molar-refractivity contribution in [3.05, 3.63) is 30.1 Å². The number of alkyl halides is 5. The largest absolute Gasteiger partial charge is 0.461 e. The molecular formula is C15H12F5N5O. The monoisotopic (exact) mass is 373 g/mol. The number of ether oxygens (including phenoxy) is 1. The molecule has 4 rings (SSSR count). The van der Waals surface area contributed by atoms with Gasteiger partial charge in [0.05, 0.1) is 13.2 Å². The second-order valence-corrected chi connectivity index (χ2v) is 5.80. The van der Waals surface area contributed by atoms with Crippen molar-refractivity contribution in [1.82, 2.24) is 19.8 Å². The Morgan fingerprint density at radius 2 is 1.58 bits per heavy atom. The normalized spacial score (nSPS) is 16.6. The van der Waals surface area contributed by atoms with Crippen LogP contribution in [-0.4, -0.2) is 52.3 Å². The molecule has 3 heterocycles. The summed E-state index contributed by atoms with van der Waals surface area (Å²) in [7, 11) is 0. The van der Waals surface area contributed by atoms with Crippen molar-refractivity contribution in [2.75, 3.05) is 31.2 Å². The zero-order valence-corrected chi connectivity index (χ0v) is 13.2. The topological polar surface area (TPSA) is 55.5 Å². The minimum atomic E-state index is -5.80. The third-order valence-corrected chi connectivity index (χ3v) is 4.19. The van der Waals surface area contributed by atoms with Crippen LogP contribution in [0.5, 0.6) is 0 Å². The number of nitrogens with zero attached hydrogens (tertiary/aromatic N) is 5. The van der Waals surface area contributed by atoms with Crippen LogP contribution < -0.4 is 4.90 Å². The molecule has 1 fully saturated rings. The van der Waals surface area contributed by atoms with Crippen molar-refractivity contribution in [3.63, 3.8) is 0 Å². The summed E-state index contributed by atoms with van der Waals surface area (Å²) in [5.41, 5.74) is -0.156. The molecule has 1 aliphatic rings. The van der Waals surface area contributed by atoms with Gasteiger partial charge in [0, 0.05) is 23.9 Å². The maximum absolute atomic E-state index is 13.9. The Kier molecular flexibility index (Phi) is 3.72. The molecule has 0 amide bonds. The van der Waals surface area contributed by atoms with Crippen LogP contribution in [-0.2, 0) is 10.7 Å². The van der Waals surface area contributed by atoms with Crippen LogP contribution in [0.25, 0.3) is 16.4 Å². The quantitative estimate of drug-likeness (QED) is 0.647. The van der Waals surface area contributed by atoms with E-state index in [2.05, 4.69) is 15.3 Å². The SMILES string of the molecule is FC(F)(F)C(F)(F)c1nnc2c3ccccc3c(N3CCOCC3)nn12. The summed E-state index contributed by atoms with van der Waals surface area (Å²) in [6.45, 7) is 1.69. The third kappa shape index (κ3) is 2.45. The van der Waals surface area contributed by atoms with Gasteiger partial charge in [-0.3, -0.25) is 0 Å². The fourth-order valence-corrected chi connectivity index (χ4v) is 2.90. The number of halogens is 5. The van der Waals surface area contributed by atoms with Crippen LogP contribution >= 0.6 is 0 Å². The number of morpholine rings is 1. The van der Waals surface area contributed by atoms with Gasteiger partial charge in [-0.1, -0.05) is 24.3 Å². The Balaban J connectivity index is 2.00. The van der Waals surface area contributed by atoms with Gasteiger partial charge < -0.3 is 9.64 Å². The van der Waals surface area contributed by atoms with E-state index in [-0.39, 0.29) is 11.5 Å². The third-order valence-electron chi connectivity index (χ3n) is 4.19. The number of aromatic nitrogens is 4. The number of anilines is 1. The summed E-state index contributed by atoms with van der Waals surface area (Å²) in [4.78, 5) is 1.78. The first kappa shape index (κ1) is 16.9. The lowest BCUT2D eigenvalue weighted by molar-refractivity contribution is -0.293. The summed E-state index contributed by atoms with van der Waals surface area (Å²) in [6.07, 6.45) is -5.80. The van der Waals surface area contributed by atoms with Crippen molar-refractivity contribution < 1.29 is 26.7 Å². The molecule has 0 aliphatic carbocycles. The molecule has 0 N–H and O–H groups in total. The second-order valence-electron chi connectivity index (χ2n) is 5.80. The van der Waals surface area contributed by atoms with Crippen LogP contribution in [0.2, 0.25) is 0 Å². The standard InChI is InChI=1S/C15H12F5N5O/c16-14(17,15(18,19)20)13-22-21-11-9-3-1-2-4-10(9)12(23-25(11)13)24-5-7-26-8-6-24/h1-4H,5-8H2. The van der Waals surface area contributed by atoms with Crippen molar-refractivity contribution in [2.45, 2.75) is 12.1 Å². The molecular weight excluding hydrogens is 361 g/mol. The lowest BCUT2D eigenvalue weighted by Gasteiger charge is -2.28. The number of benzene rings is 1. The van der Waals surface area contributed by atoms with E-state index in [1.54, 1.807) is 29.2 Å². The molecule has 138 valence electrons. The fourth-order valence-electron chi connectivity index (χ4n) is 2.90. The van der Waals surface area contributed by atoms with Crippen molar-refractivity contribution in [2.24, 2.45) is 0 Å². The Bertz CT molecular complexity index is 964. The smallest absolute Gasteiger partial charge is 0.378 e. The van der Waals surface area contributed by atoms with Crippen LogP contribution in [0.15, 0.2) is 24.3 Å². The van der Waals surface area contributed by atoms with Crippen molar-refractivity contribution >= 4 is 22.2 Å². The maximum atomic E-state index is 13.9. The minimum absolute atomic E-state index is 0.156.